The third kappa shape index (κ3) is 3.84. The molecular weight excluding hydrogens is 440 g/mol. The Morgan fingerprint density at radius 3 is 2.85 bits per heavy atom. The van der Waals surface area contributed by atoms with Crippen molar-refractivity contribution in [2.24, 2.45) is 5.10 Å². The van der Waals surface area contributed by atoms with Crippen LogP contribution < -0.4 is 0 Å². The first-order valence-electron chi connectivity index (χ1n) is 11.1. The van der Waals surface area contributed by atoms with E-state index in [0.717, 1.165) is 29.5 Å². The van der Waals surface area contributed by atoms with Crippen molar-refractivity contribution in [1.29, 1.82) is 0 Å². The average molecular weight is 463 g/mol. The van der Waals surface area contributed by atoms with Crippen molar-refractivity contribution < 1.29 is 13.6 Å². The highest BCUT2D eigenvalue weighted by Crippen LogP contribution is 2.36. The molecule has 0 saturated heterocycles. The van der Waals surface area contributed by atoms with Gasteiger partial charge in [-0.3, -0.25) is 4.79 Å². The van der Waals surface area contributed by atoms with Crippen molar-refractivity contribution in [2.75, 3.05) is 5.75 Å². The summed E-state index contributed by atoms with van der Waals surface area (Å²) in [6.07, 6.45) is 6.65. The van der Waals surface area contributed by atoms with Gasteiger partial charge in [-0.15, -0.1) is 5.10 Å². The molecule has 1 aliphatic carbocycles. The Hall–Kier alpha value is -3.40. The van der Waals surface area contributed by atoms with E-state index in [-0.39, 0.29) is 17.7 Å². The van der Waals surface area contributed by atoms with Crippen LogP contribution in [0.2, 0.25) is 0 Å². The Morgan fingerprint density at radius 1 is 1.15 bits per heavy atom. The molecule has 0 N–H and O–H groups in total. The summed E-state index contributed by atoms with van der Waals surface area (Å²) in [5.41, 5.74) is 1.52. The highest BCUT2D eigenvalue weighted by atomic mass is 32.2. The average Bonchev–Trinajstić information content (AvgIpc) is 3.66. The lowest BCUT2D eigenvalue weighted by atomic mass is 10.1. The van der Waals surface area contributed by atoms with Crippen molar-refractivity contribution in [3.8, 4) is 0 Å². The van der Waals surface area contributed by atoms with Gasteiger partial charge >= 0.3 is 0 Å². The summed E-state index contributed by atoms with van der Waals surface area (Å²) in [7, 11) is 0. The van der Waals surface area contributed by atoms with E-state index in [9.17, 15) is 4.79 Å². The Labute approximate surface area is 193 Å². The fraction of sp³-hybridized carbons (Fsp3) is 0.348. The number of thioether (sulfide) groups is 1. The van der Waals surface area contributed by atoms with Crippen molar-refractivity contribution in [3.05, 3.63) is 60.2 Å². The minimum atomic E-state index is -0.317. The van der Waals surface area contributed by atoms with Crippen LogP contribution in [0, 0.1) is 0 Å². The van der Waals surface area contributed by atoms with Crippen LogP contribution in [0.4, 0.5) is 0 Å². The quantitative estimate of drug-likeness (QED) is 0.386. The van der Waals surface area contributed by atoms with E-state index < -0.39 is 0 Å². The van der Waals surface area contributed by atoms with Crippen molar-refractivity contribution in [1.82, 2.24) is 25.2 Å². The van der Waals surface area contributed by atoms with Gasteiger partial charge in [0.1, 0.15) is 23.1 Å². The van der Waals surface area contributed by atoms with Crippen LogP contribution in [0.1, 0.15) is 55.7 Å². The monoisotopic (exact) mass is 462 g/mol. The summed E-state index contributed by atoms with van der Waals surface area (Å²) in [4.78, 5) is 13.3. The number of fused-ring (bicyclic) bond motifs is 1. The van der Waals surface area contributed by atoms with Gasteiger partial charge in [0.25, 0.3) is 5.91 Å². The summed E-state index contributed by atoms with van der Waals surface area (Å²) < 4.78 is 13.5. The molecule has 0 radical (unpaired) electrons. The number of carbonyl (C=O) groups is 1. The minimum absolute atomic E-state index is 0.131. The fourth-order valence-corrected chi connectivity index (χ4v) is 5.36. The second-order valence-electron chi connectivity index (χ2n) is 8.30. The van der Waals surface area contributed by atoms with Gasteiger partial charge in [-0.05, 0) is 47.5 Å². The maximum atomic E-state index is 13.3. The maximum Gasteiger partial charge on any atom is 0.253 e. The van der Waals surface area contributed by atoms with Crippen molar-refractivity contribution in [2.45, 2.75) is 49.3 Å². The molecule has 33 heavy (non-hydrogen) atoms. The van der Waals surface area contributed by atoms with Gasteiger partial charge in [0, 0.05) is 11.8 Å². The summed E-state index contributed by atoms with van der Waals surface area (Å²) in [5, 5.41) is 20.0. The Morgan fingerprint density at radius 2 is 2.03 bits per heavy atom. The molecule has 168 valence electrons. The van der Waals surface area contributed by atoms with Crippen molar-refractivity contribution in [3.63, 3.8) is 0 Å². The summed E-state index contributed by atoms with van der Waals surface area (Å²) in [6.45, 7) is 0. The van der Waals surface area contributed by atoms with E-state index in [2.05, 4.69) is 20.6 Å². The number of hydrazone groups is 1. The SMILES string of the molecule is O=C(CSc1nnnn1C1CCCC1)N1N=C(c2cc3ccccc3o2)C[C@@H]1c1ccco1. The maximum absolute atomic E-state index is 13.3. The third-order valence-electron chi connectivity index (χ3n) is 6.21. The van der Waals surface area contributed by atoms with Gasteiger partial charge in [-0.1, -0.05) is 42.8 Å². The number of nitrogens with zero attached hydrogens (tertiary/aromatic N) is 6. The zero-order chi connectivity index (χ0) is 22.2. The number of carbonyl (C=O) groups excluding carboxylic acids is 1. The number of hydrogen-bond donors (Lipinski definition) is 0. The molecule has 1 atom stereocenters. The van der Waals surface area contributed by atoms with E-state index in [0.29, 0.717) is 29.1 Å². The molecule has 2 aliphatic rings. The molecule has 0 spiro atoms. The first kappa shape index (κ1) is 20.2. The number of benzene rings is 1. The molecule has 4 aromatic rings. The molecule has 1 aromatic carbocycles. The zero-order valence-corrected chi connectivity index (χ0v) is 18.6. The summed E-state index contributed by atoms with van der Waals surface area (Å²) in [6, 6.07) is 13.5. The molecule has 1 fully saturated rings. The fourth-order valence-electron chi connectivity index (χ4n) is 4.57. The standard InChI is InChI=1S/C23H22N6O3S/c30-22(14-33-23-24-26-27-28(23)16-7-2-3-8-16)29-18(20-10-5-11-31-20)13-17(25-29)21-12-15-6-1-4-9-19(15)32-21/h1,4-6,9-12,16,18H,2-3,7-8,13-14H2/t18-/m1/s1. The highest BCUT2D eigenvalue weighted by molar-refractivity contribution is 7.99. The van der Waals surface area contributed by atoms with Gasteiger partial charge in [0.05, 0.1) is 18.1 Å². The van der Waals surface area contributed by atoms with E-state index >= 15 is 0 Å². The lowest BCUT2D eigenvalue weighted by molar-refractivity contribution is -0.130. The Kier molecular flexibility index (Phi) is 5.21. The Bertz CT molecular complexity index is 1270. The summed E-state index contributed by atoms with van der Waals surface area (Å²) >= 11 is 1.35. The number of aromatic nitrogens is 4. The van der Waals surface area contributed by atoms with Crippen LogP contribution in [0.3, 0.4) is 0 Å². The lowest BCUT2D eigenvalue weighted by Crippen LogP contribution is -2.28. The smallest absolute Gasteiger partial charge is 0.253 e. The second kappa shape index (κ2) is 8.51. The van der Waals surface area contributed by atoms with Crippen LogP contribution in [0.5, 0.6) is 0 Å². The Balaban J connectivity index is 1.24. The molecule has 10 heteroatoms. The van der Waals surface area contributed by atoms with Gasteiger partial charge in [-0.25, -0.2) is 9.69 Å². The molecule has 3 aromatic heterocycles. The zero-order valence-electron chi connectivity index (χ0n) is 17.8. The van der Waals surface area contributed by atoms with Crippen LogP contribution in [-0.4, -0.2) is 42.6 Å². The van der Waals surface area contributed by atoms with Gasteiger partial charge in [0.2, 0.25) is 5.16 Å². The molecule has 6 rings (SSSR count). The molecule has 1 aliphatic heterocycles. The van der Waals surface area contributed by atoms with Crippen molar-refractivity contribution >= 4 is 34.3 Å². The normalized spacial score (nSPS) is 19.0. The number of amides is 1. The molecule has 0 bridgehead atoms. The van der Waals surface area contributed by atoms with Gasteiger partial charge in [-0.2, -0.15) is 5.10 Å². The minimum Gasteiger partial charge on any atom is -0.467 e. The number of hydrogen-bond acceptors (Lipinski definition) is 8. The predicted molar refractivity (Wildman–Crippen MR) is 122 cm³/mol. The first-order chi connectivity index (χ1) is 16.3. The second-order valence-corrected chi connectivity index (χ2v) is 9.24. The number of para-hydroxylation sites is 1. The number of furan rings is 2. The first-order valence-corrected chi connectivity index (χ1v) is 12.1. The van der Waals surface area contributed by atoms with Gasteiger partial charge in [0.15, 0.2) is 5.76 Å². The van der Waals surface area contributed by atoms with Crippen LogP contribution in [-0.2, 0) is 4.79 Å². The van der Waals surface area contributed by atoms with E-state index in [1.165, 1.54) is 29.6 Å². The molecule has 0 unspecified atom stereocenters. The van der Waals surface area contributed by atoms with Crippen LogP contribution >= 0.6 is 11.8 Å². The van der Waals surface area contributed by atoms with E-state index in [1.54, 1.807) is 6.26 Å². The topological polar surface area (TPSA) is 103 Å². The predicted octanol–water partition coefficient (Wildman–Crippen LogP) is 4.60. The molecule has 9 nitrogen and oxygen atoms in total. The van der Waals surface area contributed by atoms with Crippen LogP contribution in [0.25, 0.3) is 11.0 Å². The molecular formula is C23H22N6O3S. The number of tetrazole rings is 1. The van der Waals surface area contributed by atoms with Crippen LogP contribution in [0.15, 0.2) is 67.8 Å². The van der Waals surface area contributed by atoms with Gasteiger partial charge < -0.3 is 8.83 Å². The molecule has 4 heterocycles. The van der Waals surface area contributed by atoms with E-state index in [1.807, 2.05) is 47.1 Å². The molecule has 1 amide bonds. The van der Waals surface area contributed by atoms with E-state index in [4.69, 9.17) is 8.83 Å². The lowest BCUT2D eigenvalue weighted by Gasteiger charge is -2.19. The third-order valence-corrected chi connectivity index (χ3v) is 7.12. The number of rotatable bonds is 6. The highest BCUT2D eigenvalue weighted by Gasteiger charge is 2.36. The molecule has 1 saturated carbocycles. The largest absolute Gasteiger partial charge is 0.467 e. The summed E-state index contributed by atoms with van der Waals surface area (Å²) in [5.74, 6) is 1.41.